The summed E-state index contributed by atoms with van der Waals surface area (Å²) in [6.45, 7) is 15.7. The van der Waals surface area contributed by atoms with Crippen molar-refractivity contribution in [2.24, 2.45) is 0 Å². The quantitative estimate of drug-likeness (QED) is 0.430. The van der Waals surface area contributed by atoms with Gasteiger partial charge in [-0.15, -0.1) is 0 Å². The molecule has 1 aromatic carbocycles. The van der Waals surface area contributed by atoms with Gasteiger partial charge in [0.2, 0.25) is 5.95 Å². The van der Waals surface area contributed by atoms with Crippen LogP contribution in [0, 0.1) is 0 Å². The highest BCUT2D eigenvalue weighted by Crippen LogP contribution is 2.27. The number of hydrogen-bond acceptors (Lipinski definition) is 6. The summed E-state index contributed by atoms with van der Waals surface area (Å²) in [5, 5.41) is 3.86. The van der Waals surface area contributed by atoms with Gasteiger partial charge in [0.15, 0.2) is 5.65 Å². The van der Waals surface area contributed by atoms with Crippen molar-refractivity contribution in [3.05, 3.63) is 69.9 Å². The third kappa shape index (κ3) is 4.41. The van der Waals surface area contributed by atoms with E-state index in [1.54, 1.807) is 17.1 Å². The zero-order valence-electron chi connectivity index (χ0n) is 22.0. The van der Waals surface area contributed by atoms with E-state index < -0.39 is 0 Å². The van der Waals surface area contributed by atoms with E-state index in [2.05, 4.69) is 66.1 Å². The van der Waals surface area contributed by atoms with Gasteiger partial charge in [0.25, 0.3) is 5.56 Å². The minimum absolute atomic E-state index is 0.0577. The third-order valence-electron chi connectivity index (χ3n) is 6.87. The first-order valence-corrected chi connectivity index (χ1v) is 12.7. The Morgan fingerprint density at radius 1 is 1.08 bits per heavy atom. The molecule has 0 aliphatic carbocycles. The maximum atomic E-state index is 13.3. The van der Waals surface area contributed by atoms with Crippen molar-refractivity contribution in [3.63, 3.8) is 0 Å². The Labute approximate surface area is 212 Å². The maximum absolute atomic E-state index is 13.3. The molecule has 1 N–H and O–H groups in total. The number of benzene rings is 1. The van der Waals surface area contributed by atoms with Gasteiger partial charge in [-0.1, -0.05) is 33.8 Å². The molecule has 3 aromatic heterocycles. The van der Waals surface area contributed by atoms with Crippen LogP contribution in [0.2, 0.25) is 0 Å². The van der Waals surface area contributed by atoms with Crippen LogP contribution in [0.3, 0.4) is 0 Å². The van der Waals surface area contributed by atoms with Crippen LogP contribution in [0.1, 0.15) is 64.4 Å². The van der Waals surface area contributed by atoms with Crippen molar-refractivity contribution < 1.29 is 0 Å². The normalized spacial score (nSPS) is 14.4. The van der Waals surface area contributed by atoms with E-state index in [0.29, 0.717) is 17.0 Å². The van der Waals surface area contributed by atoms with E-state index in [9.17, 15) is 4.79 Å². The van der Waals surface area contributed by atoms with Gasteiger partial charge in [-0.2, -0.15) is 4.98 Å². The van der Waals surface area contributed by atoms with Crippen molar-refractivity contribution in [1.82, 2.24) is 29.2 Å². The summed E-state index contributed by atoms with van der Waals surface area (Å²) in [5.74, 6) is 0.466. The molecule has 188 valence electrons. The fraction of sp³-hybridized carbons (Fsp3) is 0.429. The average Bonchev–Trinajstić information content (AvgIpc) is 3.15. The van der Waals surface area contributed by atoms with E-state index in [-0.39, 0.29) is 17.0 Å². The number of anilines is 2. The lowest BCUT2D eigenvalue weighted by Crippen LogP contribution is -2.30. The Bertz CT molecular complexity index is 1480. The lowest BCUT2D eigenvalue weighted by molar-refractivity contribution is 0.268. The molecule has 0 spiro atoms. The van der Waals surface area contributed by atoms with Gasteiger partial charge < -0.3 is 5.32 Å². The smallest absolute Gasteiger partial charge is 0.278 e. The van der Waals surface area contributed by atoms with Crippen molar-refractivity contribution in [3.8, 4) is 5.69 Å². The molecule has 1 aliphatic rings. The number of nitrogens with zero attached hydrogens (tertiary/aromatic N) is 6. The number of pyridine rings is 1. The predicted octanol–water partition coefficient (Wildman–Crippen LogP) is 4.98. The van der Waals surface area contributed by atoms with E-state index in [4.69, 9.17) is 4.98 Å². The molecule has 0 fully saturated rings. The SMILES string of the molecule is CCN1CCc2cc(Nc3ncc4c(=O)n(C(C)C)n(-c5ccnc(C(C)(C)C)c5)c4n3)ccc2C1. The predicted molar refractivity (Wildman–Crippen MR) is 144 cm³/mol. The number of fused-ring (bicyclic) bond motifs is 2. The molecule has 1 aliphatic heterocycles. The molecular formula is C28H35N7O. The highest BCUT2D eigenvalue weighted by Gasteiger charge is 2.22. The van der Waals surface area contributed by atoms with E-state index >= 15 is 0 Å². The summed E-state index contributed by atoms with van der Waals surface area (Å²) in [4.78, 5) is 29.7. The molecule has 0 saturated heterocycles. The Morgan fingerprint density at radius 2 is 1.89 bits per heavy atom. The maximum Gasteiger partial charge on any atom is 0.278 e. The molecule has 0 saturated carbocycles. The highest BCUT2D eigenvalue weighted by atomic mass is 16.1. The molecule has 8 heteroatoms. The summed E-state index contributed by atoms with van der Waals surface area (Å²) >= 11 is 0. The average molecular weight is 486 g/mol. The lowest BCUT2D eigenvalue weighted by Gasteiger charge is -2.27. The number of rotatable bonds is 5. The second-order valence-electron chi connectivity index (χ2n) is 10.9. The number of likely N-dealkylation sites (N-methyl/N-ethyl adjacent to an activating group) is 1. The van der Waals surface area contributed by atoms with Crippen molar-refractivity contribution in [2.75, 3.05) is 18.4 Å². The van der Waals surface area contributed by atoms with Crippen molar-refractivity contribution in [2.45, 2.75) is 66.0 Å². The van der Waals surface area contributed by atoms with Crippen LogP contribution in [0.25, 0.3) is 16.7 Å². The number of hydrogen-bond donors (Lipinski definition) is 1. The Hall–Kier alpha value is -3.52. The zero-order chi connectivity index (χ0) is 25.6. The minimum Gasteiger partial charge on any atom is -0.324 e. The minimum atomic E-state index is -0.121. The topological polar surface area (TPSA) is 80.9 Å². The lowest BCUT2D eigenvalue weighted by atomic mass is 9.91. The van der Waals surface area contributed by atoms with Gasteiger partial charge in [0, 0.05) is 48.3 Å². The number of aromatic nitrogens is 5. The van der Waals surface area contributed by atoms with Crippen molar-refractivity contribution in [1.29, 1.82) is 0 Å². The van der Waals surface area contributed by atoms with E-state index in [1.807, 2.05) is 30.7 Å². The van der Waals surface area contributed by atoms with Gasteiger partial charge in [0.05, 0.1) is 5.69 Å². The molecule has 5 rings (SSSR count). The Balaban J connectivity index is 1.58. The van der Waals surface area contributed by atoms with Gasteiger partial charge in [-0.05, 0) is 62.2 Å². The first kappa shape index (κ1) is 24.2. The molecular weight excluding hydrogens is 450 g/mol. The monoisotopic (exact) mass is 485 g/mol. The van der Waals surface area contributed by atoms with Gasteiger partial charge in [0.1, 0.15) is 5.39 Å². The Kier molecular flexibility index (Phi) is 6.16. The third-order valence-corrected chi connectivity index (χ3v) is 6.87. The van der Waals surface area contributed by atoms with E-state index in [1.165, 1.54) is 11.1 Å². The fourth-order valence-corrected chi connectivity index (χ4v) is 4.82. The fourth-order valence-electron chi connectivity index (χ4n) is 4.82. The van der Waals surface area contributed by atoms with Crippen LogP contribution >= 0.6 is 0 Å². The summed E-state index contributed by atoms with van der Waals surface area (Å²) in [5.41, 5.74) is 5.85. The van der Waals surface area contributed by atoms with Crippen LogP contribution < -0.4 is 10.9 Å². The second kappa shape index (κ2) is 9.17. The molecule has 0 amide bonds. The van der Waals surface area contributed by atoms with Gasteiger partial charge in [-0.3, -0.25) is 14.7 Å². The number of nitrogens with one attached hydrogen (secondary N) is 1. The summed E-state index contributed by atoms with van der Waals surface area (Å²) in [6.07, 6.45) is 4.46. The van der Waals surface area contributed by atoms with E-state index in [0.717, 1.165) is 43.1 Å². The summed E-state index contributed by atoms with van der Waals surface area (Å²) in [7, 11) is 0. The molecule has 0 atom stereocenters. The standard InChI is InChI=1S/C28H35N7O/c1-7-33-13-11-19-14-21(9-8-20(19)17-33)31-27-30-16-23-25(32-27)35(34(18(2)3)26(23)36)22-10-12-29-24(15-22)28(4,5)6/h8-10,12,14-16,18H,7,11,13,17H2,1-6H3,(H,30,31,32). The van der Waals surface area contributed by atoms with Crippen LogP contribution in [0.15, 0.2) is 47.5 Å². The Morgan fingerprint density at radius 3 is 2.61 bits per heavy atom. The zero-order valence-corrected chi connectivity index (χ0v) is 22.0. The van der Waals surface area contributed by atoms with Crippen LogP contribution in [-0.4, -0.2) is 42.3 Å². The van der Waals surface area contributed by atoms with Gasteiger partial charge >= 0.3 is 0 Å². The van der Waals surface area contributed by atoms with Crippen LogP contribution in [0.4, 0.5) is 11.6 Å². The van der Waals surface area contributed by atoms with Crippen LogP contribution in [0.5, 0.6) is 0 Å². The van der Waals surface area contributed by atoms with Crippen LogP contribution in [-0.2, 0) is 18.4 Å². The summed E-state index contributed by atoms with van der Waals surface area (Å²) < 4.78 is 3.64. The second-order valence-corrected chi connectivity index (χ2v) is 10.9. The molecule has 4 aromatic rings. The molecule has 0 radical (unpaired) electrons. The largest absolute Gasteiger partial charge is 0.324 e. The van der Waals surface area contributed by atoms with Crippen molar-refractivity contribution >= 4 is 22.7 Å². The first-order chi connectivity index (χ1) is 17.2. The molecule has 0 bridgehead atoms. The molecule has 4 heterocycles. The molecule has 8 nitrogen and oxygen atoms in total. The molecule has 0 unspecified atom stereocenters. The highest BCUT2D eigenvalue weighted by molar-refractivity contribution is 5.77. The molecule has 36 heavy (non-hydrogen) atoms. The summed E-state index contributed by atoms with van der Waals surface area (Å²) in [6, 6.07) is 10.4. The van der Waals surface area contributed by atoms with Gasteiger partial charge in [-0.25, -0.2) is 14.3 Å². The first-order valence-electron chi connectivity index (χ1n) is 12.7.